The molecule has 5 nitrogen and oxygen atoms in total. The van der Waals surface area contributed by atoms with Crippen molar-refractivity contribution < 1.29 is 13.6 Å². The molecule has 0 radical (unpaired) electrons. The van der Waals surface area contributed by atoms with Gasteiger partial charge < -0.3 is 13.6 Å². The Balaban J connectivity index is 2.37. The molecule has 5 heteroatoms. The molecule has 3 aromatic rings. The molecule has 1 atom stereocenters. The molecule has 0 N–H and O–H groups in total. The van der Waals surface area contributed by atoms with E-state index in [9.17, 15) is 9.59 Å². The predicted molar refractivity (Wildman–Crippen MR) is 91.8 cm³/mol. The van der Waals surface area contributed by atoms with E-state index in [2.05, 4.69) is 0 Å². The molecule has 1 aliphatic rings. The predicted octanol–water partition coefficient (Wildman–Crippen LogP) is 3.56. The fourth-order valence-corrected chi connectivity index (χ4v) is 3.23. The van der Waals surface area contributed by atoms with Gasteiger partial charge in [0.1, 0.15) is 23.0 Å². The summed E-state index contributed by atoms with van der Waals surface area (Å²) in [7, 11) is 0. The minimum atomic E-state index is -0.486. The second-order valence-corrected chi connectivity index (χ2v) is 6.00. The van der Waals surface area contributed by atoms with Crippen molar-refractivity contribution in [3.05, 3.63) is 55.7 Å². The van der Waals surface area contributed by atoms with Crippen molar-refractivity contribution in [2.75, 3.05) is 0 Å². The molecule has 3 heterocycles. The molecule has 1 aliphatic heterocycles. The highest BCUT2D eigenvalue weighted by Gasteiger charge is 2.25. The van der Waals surface area contributed by atoms with Gasteiger partial charge in [-0.3, -0.25) is 4.79 Å². The summed E-state index contributed by atoms with van der Waals surface area (Å²) in [6.45, 7) is 5.59. The number of benzene rings is 1. The summed E-state index contributed by atoms with van der Waals surface area (Å²) in [5, 5.41) is 0.955. The Labute approximate surface area is 137 Å². The molecule has 24 heavy (non-hydrogen) atoms. The molecule has 0 saturated carbocycles. The zero-order valence-electron chi connectivity index (χ0n) is 13.6. The standard InChI is InChI=1S/C19H16O5/c1-4-11-8-14(21)24-19-15(11)17-12(6-5-9(2)22-17)18-16(19)13(20)7-10(3)23-18/h5-9H,4H2,1-3H3. The minimum Gasteiger partial charge on any atom is -0.485 e. The number of aryl methyl sites for hydroxylation is 2. The molecule has 1 unspecified atom stereocenters. The Kier molecular flexibility index (Phi) is 3.13. The van der Waals surface area contributed by atoms with E-state index in [1.54, 1.807) is 6.92 Å². The third-order valence-corrected chi connectivity index (χ3v) is 4.28. The Morgan fingerprint density at radius 2 is 1.88 bits per heavy atom. The Bertz CT molecular complexity index is 1130. The number of rotatable bonds is 1. The van der Waals surface area contributed by atoms with E-state index >= 15 is 0 Å². The van der Waals surface area contributed by atoms with Crippen molar-refractivity contribution in [3.63, 3.8) is 0 Å². The Hall–Kier alpha value is -2.82. The van der Waals surface area contributed by atoms with Crippen LogP contribution in [0.1, 0.15) is 30.7 Å². The number of ether oxygens (including phenoxy) is 1. The number of hydrogen-bond acceptors (Lipinski definition) is 5. The van der Waals surface area contributed by atoms with E-state index in [1.807, 2.05) is 26.0 Å². The fourth-order valence-electron chi connectivity index (χ4n) is 3.23. The maximum atomic E-state index is 12.6. The highest BCUT2D eigenvalue weighted by Crippen LogP contribution is 2.41. The summed E-state index contributed by atoms with van der Waals surface area (Å²) in [5.41, 5.74) is 1.41. The van der Waals surface area contributed by atoms with Crippen LogP contribution in [0.25, 0.3) is 28.0 Å². The van der Waals surface area contributed by atoms with Crippen LogP contribution in [0, 0.1) is 6.92 Å². The minimum absolute atomic E-state index is 0.119. The molecule has 0 fully saturated rings. The van der Waals surface area contributed by atoms with Crippen molar-refractivity contribution in [1.29, 1.82) is 0 Å². The second kappa shape index (κ2) is 5.09. The summed E-state index contributed by atoms with van der Waals surface area (Å²) < 4.78 is 17.2. The molecular weight excluding hydrogens is 308 g/mol. The van der Waals surface area contributed by atoms with Crippen LogP contribution in [0.4, 0.5) is 0 Å². The van der Waals surface area contributed by atoms with Crippen LogP contribution in [0.3, 0.4) is 0 Å². The van der Waals surface area contributed by atoms with Crippen LogP contribution < -0.4 is 15.8 Å². The topological polar surface area (TPSA) is 69.7 Å². The average molecular weight is 324 g/mol. The smallest absolute Gasteiger partial charge is 0.336 e. The van der Waals surface area contributed by atoms with Gasteiger partial charge in [0.2, 0.25) is 0 Å². The summed E-state index contributed by atoms with van der Waals surface area (Å²) >= 11 is 0. The quantitative estimate of drug-likeness (QED) is 0.505. The normalized spacial score (nSPS) is 16.4. The zero-order chi connectivity index (χ0) is 17.0. The Morgan fingerprint density at radius 3 is 2.62 bits per heavy atom. The lowest BCUT2D eigenvalue weighted by Crippen LogP contribution is -2.15. The number of hydrogen-bond donors (Lipinski definition) is 0. The molecule has 0 spiro atoms. The summed E-state index contributed by atoms with van der Waals surface area (Å²) in [4.78, 5) is 24.6. The monoisotopic (exact) mass is 324 g/mol. The van der Waals surface area contributed by atoms with Gasteiger partial charge in [0, 0.05) is 12.1 Å². The molecule has 122 valence electrons. The van der Waals surface area contributed by atoms with Crippen molar-refractivity contribution in [2.45, 2.75) is 33.3 Å². The molecule has 4 rings (SSSR count). The van der Waals surface area contributed by atoms with Crippen molar-refractivity contribution >= 4 is 28.0 Å². The van der Waals surface area contributed by atoms with Crippen LogP contribution in [0.5, 0.6) is 5.75 Å². The van der Waals surface area contributed by atoms with Gasteiger partial charge in [-0.25, -0.2) is 4.79 Å². The first-order chi connectivity index (χ1) is 11.5. The third kappa shape index (κ3) is 2.01. The Morgan fingerprint density at radius 1 is 1.08 bits per heavy atom. The maximum absolute atomic E-state index is 12.6. The van der Waals surface area contributed by atoms with Crippen LogP contribution in [-0.4, -0.2) is 6.10 Å². The van der Waals surface area contributed by atoms with E-state index in [4.69, 9.17) is 13.6 Å². The highest BCUT2D eigenvalue weighted by atomic mass is 16.5. The van der Waals surface area contributed by atoms with Crippen LogP contribution in [0.15, 0.2) is 36.6 Å². The highest BCUT2D eigenvalue weighted by molar-refractivity contribution is 6.10. The summed E-state index contributed by atoms with van der Waals surface area (Å²) in [5.74, 6) is 1.09. The van der Waals surface area contributed by atoms with Crippen molar-refractivity contribution in [3.8, 4) is 5.75 Å². The average Bonchev–Trinajstić information content (AvgIpc) is 2.53. The largest absolute Gasteiger partial charge is 0.485 e. The molecule has 0 saturated heterocycles. The van der Waals surface area contributed by atoms with Gasteiger partial charge in [-0.15, -0.1) is 0 Å². The van der Waals surface area contributed by atoms with Gasteiger partial charge in [0.05, 0.1) is 10.9 Å². The van der Waals surface area contributed by atoms with Gasteiger partial charge >= 0.3 is 5.63 Å². The maximum Gasteiger partial charge on any atom is 0.336 e. The fraction of sp³-hybridized carbons (Fsp3) is 0.263. The summed E-state index contributed by atoms with van der Waals surface area (Å²) in [6, 6.07) is 2.86. The molecule has 2 aromatic heterocycles. The van der Waals surface area contributed by atoms with Crippen LogP contribution in [-0.2, 0) is 6.42 Å². The SMILES string of the molecule is CCc1cc(=O)oc2c1c1c(c3oc(C)cc(=O)c32)C=CC(C)O1. The van der Waals surface area contributed by atoms with Gasteiger partial charge in [-0.1, -0.05) is 6.92 Å². The van der Waals surface area contributed by atoms with E-state index < -0.39 is 5.63 Å². The number of fused-ring (bicyclic) bond motifs is 6. The molecule has 0 aliphatic carbocycles. The van der Waals surface area contributed by atoms with Gasteiger partial charge in [0.25, 0.3) is 0 Å². The lowest BCUT2D eigenvalue weighted by Gasteiger charge is -2.22. The lowest BCUT2D eigenvalue weighted by atomic mass is 9.97. The first-order valence-electron chi connectivity index (χ1n) is 7.91. The van der Waals surface area contributed by atoms with E-state index in [0.29, 0.717) is 34.5 Å². The van der Waals surface area contributed by atoms with Crippen molar-refractivity contribution in [2.24, 2.45) is 0 Å². The molecule has 0 bridgehead atoms. The van der Waals surface area contributed by atoms with Gasteiger partial charge in [-0.05, 0) is 38.0 Å². The van der Waals surface area contributed by atoms with Crippen LogP contribution >= 0.6 is 0 Å². The molecular formula is C19H16O5. The first kappa shape index (κ1) is 14.8. The first-order valence-corrected chi connectivity index (χ1v) is 7.91. The van der Waals surface area contributed by atoms with Gasteiger partial charge in [0.15, 0.2) is 16.6 Å². The van der Waals surface area contributed by atoms with E-state index in [-0.39, 0.29) is 22.5 Å². The van der Waals surface area contributed by atoms with Crippen LogP contribution in [0.2, 0.25) is 0 Å². The zero-order valence-corrected chi connectivity index (χ0v) is 13.6. The van der Waals surface area contributed by atoms with E-state index in [1.165, 1.54) is 12.1 Å². The molecule has 1 aromatic carbocycles. The van der Waals surface area contributed by atoms with E-state index in [0.717, 1.165) is 5.56 Å². The third-order valence-electron chi connectivity index (χ3n) is 4.28. The lowest BCUT2D eigenvalue weighted by molar-refractivity contribution is 0.269. The van der Waals surface area contributed by atoms with Crippen molar-refractivity contribution in [1.82, 2.24) is 0 Å². The van der Waals surface area contributed by atoms with Gasteiger partial charge in [-0.2, -0.15) is 0 Å². The molecule has 0 amide bonds. The summed E-state index contributed by atoms with van der Waals surface area (Å²) in [6.07, 6.45) is 4.31. The second-order valence-electron chi connectivity index (χ2n) is 6.00.